The molecule has 0 saturated carbocycles. The summed E-state index contributed by atoms with van der Waals surface area (Å²) in [6.45, 7) is 0. The highest BCUT2D eigenvalue weighted by atomic mass is 32.2. The smallest absolute Gasteiger partial charge is 0.265 e. The van der Waals surface area contributed by atoms with Crippen molar-refractivity contribution in [3.63, 3.8) is 0 Å². The van der Waals surface area contributed by atoms with Crippen molar-refractivity contribution < 1.29 is 17.5 Å². The third kappa shape index (κ3) is 2.80. The van der Waals surface area contributed by atoms with Gasteiger partial charge in [0.1, 0.15) is 4.90 Å². The first-order chi connectivity index (χ1) is 9.44. The average Bonchev–Trinajstić information content (AvgIpc) is 2.41. The number of sulfonamides is 1. The number of hydrogen-bond acceptors (Lipinski definition) is 5. The van der Waals surface area contributed by atoms with Crippen LogP contribution >= 0.6 is 0 Å². The molecule has 0 radical (unpaired) electrons. The zero-order chi connectivity index (χ0) is 14.8. The van der Waals surface area contributed by atoms with Crippen molar-refractivity contribution in [2.24, 2.45) is 0 Å². The number of ether oxygens (including phenoxy) is 1. The van der Waals surface area contributed by atoms with Gasteiger partial charge in [-0.15, -0.1) is 0 Å². The summed E-state index contributed by atoms with van der Waals surface area (Å²) in [5.74, 6) is -0.652. The Morgan fingerprint density at radius 1 is 1.35 bits per heavy atom. The number of hydrogen-bond donors (Lipinski definition) is 2. The van der Waals surface area contributed by atoms with Crippen molar-refractivity contribution in [3.8, 4) is 5.75 Å². The molecular formula is C12H12FN3O3S. The van der Waals surface area contributed by atoms with E-state index in [-0.39, 0.29) is 22.0 Å². The molecule has 8 heteroatoms. The first-order valence-corrected chi connectivity index (χ1v) is 6.98. The molecule has 20 heavy (non-hydrogen) atoms. The van der Waals surface area contributed by atoms with Gasteiger partial charge in [0.2, 0.25) is 0 Å². The number of nitrogens with two attached hydrogens (primary N) is 1. The molecule has 6 nitrogen and oxygen atoms in total. The average molecular weight is 297 g/mol. The Labute approximate surface area is 115 Å². The summed E-state index contributed by atoms with van der Waals surface area (Å²) in [6, 6.07) is 4.99. The summed E-state index contributed by atoms with van der Waals surface area (Å²) < 4.78 is 44.6. The number of anilines is 2. The Morgan fingerprint density at radius 3 is 2.75 bits per heavy atom. The highest BCUT2D eigenvalue weighted by Crippen LogP contribution is 2.25. The minimum Gasteiger partial charge on any atom is -0.494 e. The third-order valence-corrected chi connectivity index (χ3v) is 3.93. The van der Waals surface area contributed by atoms with Crippen LogP contribution in [-0.2, 0) is 10.0 Å². The van der Waals surface area contributed by atoms with Gasteiger partial charge in [0.05, 0.1) is 18.5 Å². The summed E-state index contributed by atoms with van der Waals surface area (Å²) in [7, 11) is -2.61. The van der Waals surface area contributed by atoms with Crippen LogP contribution < -0.4 is 15.2 Å². The predicted molar refractivity (Wildman–Crippen MR) is 72.4 cm³/mol. The Morgan fingerprint density at radius 2 is 2.10 bits per heavy atom. The summed E-state index contributed by atoms with van der Waals surface area (Å²) in [5.41, 5.74) is 5.83. The van der Waals surface area contributed by atoms with Crippen LogP contribution in [0, 0.1) is 5.82 Å². The van der Waals surface area contributed by atoms with Crippen molar-refractivity contribution in [3.05, 3.63) is 42.5 Å². The molecule has 106 valence electrons. The van der Waals surface area contributed by atoms with Crippen LogP contribution in [-0.4, -0.2) is 20.5 Å². The van der Waals surface area contributed by atoms with Crippen LogP contribution in [0.4, 0.5) is 15.8 Å². The molecule has 1 heterocycles. The number of nitrogen functional groups attached to an aromatic ring is 1. The van der Waals surface area contributed by atoms with Gasteiger partial charge in [-0.3, -0.25) is 9.71 Å². The van der Waals surface area contributed by atoms with Crippen LogP contribution in [0.25, 0.3) is 0 Å². The number of nitrogens with one attached hydrogen (secondary N) is 1. The molecule has 0 amide bonds. The maximum atomic E-state index is 13.3. The number of methoxy groups -OCH3 is 1. The van der Waals surface area contributed by atoms with E-state index in [2.05, 4.69) is 9.71 Å². The van der Waals surface area contributed by atoms with Gasteiger partial charge in [0.15, 0.2) is 11.6 Å². The quantitative estimate of drug-likeness (QED) is 0.894. The molecule has 0 fully saturated rings. The van der Waals surface area contributed by atoms with E-state index < -0.39 is 15.8 Å². The van der Waals surface area contributed by atoms with Crippen LogP contribution in [0.3, 0.4) is 0 Å². The molecule has 0 aliphatic carbocycles. The zero-order valence-corrected chi connectivity index (χ0v) is 11.3. The largest absolute Gasteiger partial charge is 0.494 e. The van der Waals surface area contributed by atoms with E-state index in [1.807, 2.05) is 0 Å². The SMILES string of the molecule is COc1cc(NS(=O)(=O)c2cnccc2N)ccc1F. The molecule has 0 aliphatic rings. The lowest BCUT2D eigenvalue weighted by Gasteiger charge is -2.10. The van der Waals surface area contributed by atoms with Crippen LogP contribution in [0.2, 0.25) is 0 Å². The Bertz CT molecular complexity index is 734. The van der Waals surface area contributed by atoms with Gasteiger partial charge < -0.3 is 10.5 Å². The van der Waals surface area contributed by atoms with Crippen LogP contribution in [0.1, 0.15) is 0 Å². The standard InChI is InChI=1S/C12H12FN3O3S/c1-19-11-6-8(2-3-9(11)13)16-20(17,18)12-7-15-5-4-10(12)14/h2-7,16H,1H3,(H2,14,15). The lowest BCUT2D eigenvalue weighted by atomic mass is 10.3. The van der Waals surface area contributed by atoms with Gasteiger partial charge in [0, 0.05) is 18.5 Å². The van der Waals surface area contributed by atoms with Crippen molar-refractivity contribution in [2.45, 2.75) is 4.90 Å². The third-order valence-electron chi connectivity index (χ3n) is 2.51. The highest BCUT2D eigenvalue weighted by molar-refractivity contribution is 7.92. The second kappa shape index (κ2) is 5.33. The fourth-order valence-electron chi connectivity index (χ4n) is 1.55. The van der Waals surface area contributed by atoms with Crippen molar-refractivity contribution in [2.75, 3.05) is 17.6 Å². The normalized spacial score (nSPS) is 11.1. The van der Waals surface area contributed by atoms with Gasteiger partial charge in [-0.05, 0) is 18.2 Å². The Kier molecular flexibility index (Phi) is 3.75. The number of nitrogens with zero attached hydrogens (tertiary/aromatic N) is 1. The molecule has 0 unspecified atom stereocenters. The van der Waals surface area contributed by atoms with Crippen LogP contribution in [0.15, 0.2) is 41.6 Å². The summed E-state index contributed by atoms with van der Waals surface area (Å²) in [6.07, 6.45) is 2.52. The minimum absolute atomic E-state index is 0.0654. The van der Waals surface area contributed by atoms with Crippen molar-refractivity contribution in [1.82, 2.24) is 4.98 Å². The molecule has 0 aliphatic heterocycles. The molecule has 2 rings (SSSR count). The molecule has 0 atom stereocenters. The predicted octanol–water partition coefficient (Wildman–Crippen LogP) is 1.61. The lowest BCUT2D eigenvalue weighted by molar-refractivity contribution is 0.387. The van der Waals surface area contributed by atoms with E-state index in [0.29, 0.717) is 0 Å². The van der Waals surface area contributed by atoms with Gasteiger partial charge in [-0.1, -0.05) is 0 Å². The summed E-state index contributed by atoms with van der Waals surface area (Å²) in [5, 5.41) is 0. The van der Waals surface area contributed by atoms with E-state index in [0.717, 1.165) is 12.3 Å². The fraction of sp³-hybridized carbons (Fsp3) is 0.0833. The van der Waals surface area contributed by atoms with Gasteiger partial charge >= 0.3 is 0 Å². The molecule has 1 aromatic heterocycles. The molecule has 3 N–H and O–H groups in total. The second-order valence-corrected chi connectivity index (χ2v) is 5.52. The number of aromatic nitrogens is 1. The van der Waals surface area contributed by atoms with Crippen molar-refractivity contribution >= 4 is 21.4 Å². The first-order valence-electron chi connectivity index (χ1n) is 5.50. The Balaban J connectivity index is 2.36. The minimum atomic E-state index is -3.90. The van der Waals surface area contributed by atoms with Crippen molar-refractivity contribution in [1.29, 1.82) is 0 Å². The first kappa shape index (κ1) is 14.1. The molecule has 0 saturated heterocycles. The number of pyridine rings is 1. The van der Waals surface area contributed by atoms with Gasteiger partial charge in [0.25, 0.3) is 10.0 Å². The summed E-state index contributed by atoms with van der Waals surface area (Å²) in [4.78, 5) is 3.57. The number of rotatable bonds is 4. The zero-order valence-electron chi connectivity index (χ0n) is 10.5. The number of benzene rings is 1. The van der Waals surface area contributed by atoms with Gasteiger partial charge in [-0.2, -0.15) is 0 Å². The number of halogens is 1. The van der Waals surface area contributed by atoms with E-state index in [1.54, 1.807) is 0 Å². The van der Waals surface area contributed by atoms with E-state index >= 15 is 0 Å². The summed E-state index contributed by atoms with van der Waals surface area (Å²) >= 11 is 0. The maximum absolute atomic E-state index is 13.3. The molecule has 0 spiro atoms. The molecule has 1 aromatic carbocycles. The maximum Gasteiger partial charge on any atom is 0.265 e. The van der Waals surface area contributed by atoms with E-state index in [1.165, 1.54) is 31.5 Å². The fourth-order valence-corrected chi connectivity index (χ4v) is 2.67. The second-order valence-electron chi connectivity index (χ2n) is 3.87. The van der Waals surface area contributed by atoms with Crippen LogP contribution in [0.5, 0.6) is 5.75 Å². The Hall–Kier alpha value is -2.35. The van der Waals surface area contributed by atoms with E-state index in [9.17, 15) is 12.8 Å². The monoisotopic (exact) mass is 297 g/mol. The molecular weight excluding hydrogens is 285 g/mol. The van der Waals surface area contributed by atoms with E-state index in [4.69, 9.17) is 10.5 Å². The topological polar surface area (TPSA) is 94.3 Å². The van der Waals surface area contributed by atoms with Gasteiger partial charge in [-0.25, -0.2) is 12.8 Å². The molecule has 0 bridgehead atoms. The lowest BCUT2D eigenvalue weighted by Crippen LogP contribution is -2.15. The highest BCUT2D eigenvalue weighted by Gasteiger charge is 2.18. The molecule has 2 aromatic rings.